The van der Waals surface area contributed by atoms with E-state index in [-0.39, 0.29) is 0 Å². The Kier molecular flexibility index (Phi) is 10.3. The number of morpholine rings is 1. The molecule has 1 rings (SSSR count). The zero-order valence-electron chi connectivity index (χ0n) is 13.7. The summed E-state index contributed by atoms with van der Waals surface area (Å²) in [5.74, 6) is 0.309. The molecule has 0 unspecified atom stereocenters. The molecule has 1 fully saturated rings. The second-order valence-corrected chi connectivity index (χ2v) is 8.10. The SMILES string of the molecule is CCCCCCCCCCCCS(=O)(=O)N1CCOCC1. The minimum absolute atomic E-state index is 0.309. The molecule has 0 aromatic carbocycles. The van der Waals surface area contributed by atoms with Crippen molar-refractivity contribution in [2.24, 2.45) is 0 Å². The van der Waals surface area contributed by atoms with Gasteiger partial charge in [0.1, 0.15) is 0 Å². The fraction of sp³-hybridized carbons (Fsp3) is 1.00. The number of rotatable bonds is 12. The molecule has 0 saturated carbocycles. The molecule has 1 saturated heterocycles. The van der Waals surface area contributed by atoms with Crippen molar-refractivity contribution in [3.05, 3.63) is 0 Å². The van der Waals surface area contributed by atoms with Crippen molar-refractivity contribution in [3.63, 3.8) is 0 Å². The number of sulfonamides is 1. The predicted molar refractivity (Wildman–Crippen MR) is 88.0 cm³/mol. The maximum Gasteiger partial charge on any atom is 0.214 e. The fourth-order valence-corrected chi connectivity index (χ4v) is 4.26. The van der Waals surface area contributed by atoms with Crippen LogP contribution in [0, 0.1) is 0 Å². The average molecular weight is 320 g/mol. The molecule has 1 aliphatic heterocycles. The van der Waals surface area contributed by atoms with E-state index in [1.54, 1.807) is 4.31 Å². The molecule has 0 amide bonds. The Morgan fingerprint density at radius 2 is 1.29 bits per heavy atom. The van der Waals surface area contributed by atoms with E-state index >= 15 is 0 Å². The quantitative estimate of drug-likeness (QED) is 0.517. The highest BCUT2D eigenvalue weighted by Gasteiger charge is 2.23. The van der Waals surface area contributed by atoms with E-state index < -0.39 is 10.0 Å². The van der Waals surface area contributed by atoms with Gasteiger partial charge < -0.3 is 4.74 Å². The standard InChI is InChI=1S/C16H33NO3S/c1-2-3-4-5-6-7-8-9-10-11-16-21(18,19)17-12-14-20-15-13-17/h2-16H2,1H3. The van der Waals surface area contributed by atoms with Crippen LogP contribution in [0.5, 0.6) is 0 Å². The van der Waals surface area contributed by atoms with Gasteiger partial charge in [-0.3, -0.25) is 0 Å². The van der Waals surface area contributed by atoms with E-state index in [1.165, 1.54) is 51.4 Å². The van der Waals surface area contributed by atoms with Gasteiger partial charge >= 0.3 is 0 Å². The van der Waals surface area contributed by atoms with Gasteiger partial charge in [0.2, 0.25) is 10.0 Å². The molecule has 1 heterocycles. The first kappa shape index (κ1) is 18.9. The molecule has 5 heteroatoms. The first-order chi connectivity index (χ1) is 10.2. The van der Waals surface area contributed by atoms with Gasteiger partial charge in [0.15, 0.2) is 0 Å². The molecule has 0 atom stereocenters. The van der Waals surface area contributed by atoms with Crippen LogP contribution in [0.3, 0.4) is 0 Å². The molecule has 4 nitrogen and oxygen atoms in total. The third-order valence-electron chi connectivity index (χ3n) is 4.12. The van der Waals surface area contributed by atoms with E-state index in [0.29, 0.717) is 32.1 Å². The van der Waals surface area contributed by atoms with E-state index in [1.807, 2.05) is 0 Å². The molecule has 0 spiro atoms. The number of nitrogens with zero attached hydrogens (tertiary/aromatic N) is 1. The second kappa shape index (κ2) is 11.4. The van der Waals surface area contributed by atoms with E-state index in [9.17, 15) is 8.42 Å². The van der Waals surface area contributed by atoms with E-state index in [0.717, 1.165) is 12.8 Å². The molecule has 0 aliphatic carbocycles. The summed E-state index contributed by atoms with van der Waals surface area (Å²) in [6.45, 7) is 4.37. The van der Waals surface area contributed by atoms with Gasteiger partial charge in [-0.05, 0) is 6.42 Å². The third-order valence-corrected chi connectivity index (χ3v) is 6.08. The zero-order chi connectivity index (χ0) is 15.4. The van der Waals surface area contributed by atoms with Gasteiger partial charge in [0.25, 0.3) is 0 Å². The average Bonchev–Trinajstić information content (AvgIpc) is 2.50. The number of hydrogen-bond acceptors (Lipinski definition) is 3. The van der Waals surface area contributed by atoms with Crippen LogP contribution in [0.25, 0.3) is 0 Å². The molecule has 0 bridgehead atoms. The van der Waals surface area contributed by atoms with Crippen LogP contribution < -0.4 is 0 Å². The summed E-state index contributed by atoms with van der Waals surface area (Å²) in [7, 11) is -3.04. The first-order valence-electron chi connectivity index (χ1n) is 8.72. The molecule has 126 valence electrons. The first-order valence-corrected chi connectivity index (χ1v) is 10.3. The topological polar surface area (TPSA) is 46.6 Å². The maximum absolute atomic E-state index is 12.1. The van der Waals surface area contributed by atoms with Crippen LogP contribution >= 0.6 is 0 Å². The lowest BCUT2D eigenvalue weighted by Gasteiger charge is -2.25. The van der Waals surface area contributed by atoms with Crippen molar-refractivity contribution >= 4 is 10.0 Å². The monoisotopic (exact) mass is 319 g/mol. The van der Waals surface area contributed by atoms with Gasteiger partial charge in [0.05, 0.1) is 19.0 Å². The smallest absolute Gasteiger partial charge is 0.214 e. The van der Waals surface area contributed by atoms with Crippen LogP contribution in [0.4, 0.5) is 0 Å². The Balaban J connectivity index is 1.95. The number of ether oxygens (including phenoxy) is 1. The summed E-state index contributed by atoms with van der Waals surface area (Å²) in [5.41, 5.74) is 0. The molecular weight excluding hydrogens is 286 g/mol. The number of hydrogen-bond donors (Lipinski definition) is 0. The molecule has 0 aromatic heterocycles. The van der Waals surface area contributed by atoms with Crippen molar-refractivity contribution in [2.75, 3.05) is 32.1 Å². The largest absolute Gasteiger partial charge is 0.379 e. The van der Waals surface area contributed by atoms with Crippen LogP contribution in [0.2, 0.25) is 0 Å². The summed E-state index contributed by atoms with van der Waals surface area (Å²) in [6.07, 6.45) is 12.3. The van der Waals surface area contributed by atoms with Crippen molar-refractivity contribution in [3.8, 4) is 0 Å². The zero-order valence-corrected chi connectivity index (χ0v) is 14.5. The summed E-state index contributed by atoms with van der Waals surface area (Å²) in [4.78, 5) is 0. The van der Waals surface area contributed by atoms with Gasteiger partial charge in [0, 0.05) is 13.1 Å². The van der Waals surface area contributed by atoms with Gasteiger partial charge in [-0.1, -0.05) is 64.7 Å². The Morgan fingerprint density at radius 3 is 1.81 bits per heavy atom. The van der Waals surface area contributed by atoms with Crippen molar-refractivity contribution in [1.82, 2.24) is 4.31 Å². The summed E-state index contributed by atoms with van der Waals surface area (Å²) in [6, 6.07) is 0. The minimum Gasteiger partial charge on any atom is -0.379 e. The normalized spacial score (nSPS) is 17.2. The molecule has 1 aliphatic rings. The predicted octanol–water partition coefficient (Wildman–Crippen LogP) is 3.57. The third kappa shape index (κ3) is 8.79. The number of unbranched alkanes of at least 4 members (excludes halogenated alkanes) is 9. The summed E-state index contributed by atoms with van der Waals surface area (Å²) in [5, 5.41) is 0. The van der Waals surface area contributed by atoms with Crippen molar-refractivity contribution in [2.45, 2.75) is 71.1 Å². The highest BCUT2D eigenvalue weighted by Crippen LogP contribution is 2.12. The van der Waals surface area contributed by atoms with Crippen LogP contribution in [0.1, 0.15) is 71.1 Å². The van der Waals surface area contributed by atoms with Crippen molar-refractivity contribution in [1.29, 1.82) is 0 Å². The molecular formula is C16H33NO3S. The Hall–Kier alpha value is -0.130. The Morgan fingerprint density at radius 1 is 0.810 bits per heavy atom. The lowest BCUT2D eigenvalue weighted by molar-refractivity contribution is 0.0730. The van der Waals surface area contributed by atoms with Gasteiger partial charge in [-0.25, -0.2) is 8.42 Å². The molecule has 0 N–H and O–H groups in total. The second-order valence-electron chi connectivity index (χ2n) is 6.01. The van der Waals surface area contributed by atoms with Crippen LogP contribution in [-0.2, 0) is 14.8 Å². The van der Waals surface area contributed by atoms with Crippen molar-refractivity contribution < 1.29 is 13.2 Å². The lowest BCUT2D eigenvalue weighted by Crippen LogP contribution is -2.41. The fourth-order valence-electron chi connectivity index (χ4n) is 2.73. The lowest BCUT2D eigenvalue weighted by atomic mass is 10.1. The molecule has 21 heavy (non-hydrogen) atoms. The van der Waals surface area contributed by atoms with E-state index in [2.05, 4.69) is 6.92 Å². The van der Waals surface area contributed by atoms with Gasteiger partial charge in [-0.15, -0.1) is 0 Å². The summed E-state index contributed by atoms with van der Waals surface area (Å²) >= 11 is 0. The van der Waals surface area contributed by atoms with E-state index in [4.69, 9.17) is 4.74 Å². The van der Waals surface area contributed by atoms with Crippen LogP contribution in [0.15, 0.2) is 0 Å². The minimum atomic E-state index is -3.04. The summed E-state index contributed by atoms with van der Waals surface area (Å²) < 4.78 is 31.0. The maximum atomic E-state index is 12.1. The highest BCUT2D eigenvalue weighted by molar-refractivity contribution is 7.89. The molecule has 0 aromatic rings. The van der Waals surface area contributed by atoms with Crippen LogP contribution in [-0.4, -0.2) is 44.8 Å². The molecule has 0 radical (unpaired) electrons. The Bertz CT molecular complexity index is 337. The van der Waals surface area contributed by atoms with Gasteiger partial charge in [-0.2, -0.15) is 4.31 Å². The Labute approximate surface area is 131 Å². The highest BCUT2D eigenvalue weighted by atomic mass is 32.2.